The molecule has 41 heavy (non-hydrogen) atoms. The van der Waals surface area contributed by atoms with Crippen molar-refractivity contribution in [3.8, 4) is 33.8 Å². The van der Waals surface area contributed by atoms with E-state index in [2.05, 4.69) is 133 Å². The van der Waals surface area contributed by atoms with Gasteiger partial charge in [0, 0.05) is 35.6 Å². The van der Waals surface area contributed by atoms with Crippen molar-refractivity contribution >= 4 is 11.4 Å². The summed E-state index contributed by atoms with van der Waals surface area (Å²) in [5, 5.41) is 0. The molecule has 7 rings (SSSR count). The molecule has 5 aromatic carbocycles. The second-order valence-electron chi connectivity index (χ2n) is 11.2. The monoisotopic (exact) mass is 538 g/mol. The van der Waals surface area contributed by atoms with E-state index in [0.29, 0.717) is 19.4 Å². The molecule has 0 bridgehead atoms. The van der Waals surface area contributed by atoms with Crippen LogP contribution in [-0.4, -0.2) is 13.5 Å². The predicted octanol–water partition coefficient (Wildman–Crippen LogP) is 8.86. The van der Waals surface area contributed by atoms with E-state index in [4.69, 9.17) is 9.47 Å². The molecule has 5 aromatic rings. The highest BCUT2D eigenvalue weighted by Crippen LogP contribution is 2.39. The van der Waals surface area contributed by atoms with Crippen LogP contribution in [0.3, 0.4) is 0 Å². The largest absolute Gasteiger partial charge is 0.473 e. The summed E-state index contributed by atoms with van der Waals surface area (Å²) in [6.45, 7) is 7.29. The minimum atomic E-state index is 0.374. The lowest BCUT2D eigenvalue weighted by molar-refractivity contribution is 0.285. The Morgan fingerprint density at radius 3 is 1.71 bits per heavy atom. The molecular weight excluding hydrogens is 504 g/mol. The van der Waals surface area contributed by atoms with E-state index in [0.717, 1.165) is 24.6 Å². The molecule has 4 nitrogen and oxygen atoms in total. The van der Waals surface area contributed by atoms with Crippen molar-refractivity contribution < 1.29 is 9.47 Å². The quantitative estimate of drug-likeness (QED) is 0.223. The first-order chi connectivity index (χ1) is 20.1. The lowest BCUT2D eigenvalue weighted by Crippen LogP contribution is -2.32. The zero-order chi connectivity index (χ0) is 27.8. The first kappa shape index (κ1) is 25.3. The van der Waals surface area contributed by atoms with Gasteiger partial charge < -0.3 is 19.3 Å². The maximum atomic E-state index is 6.34. The average molecular weight is 539 g/mol. The number of para-hydroxylation sites is 2. The molecule has 204 valence electrons. The molecule has 0 saturated heterocycles. The van der Waals surface area contributed by atoms with Gasteiger partial charge in [0.25, 0.3) is 0 Å². The van der Waals surface area contributed by atoms with Crippen molar-refractivity contribution in [2.75, 3.05) is 23.3 Å². The molecule has 0 N–H and O–H groups in total. The van der Waals surface area contributed by atoms with Gasteiger partial charge in [0.15, 0.2) is 13.5 Å². The zero-order valence-electron chi connectivity index (χ0n) is 23.6. The van der Waals surface area contributed by atoms with Crippen LogP contribution in [-0.2, 0) is 13.1 Å². The molecule has 0 fully saturated rings. The lowest BCUT2D eigenvalue weighted by Gasteiger charge is -2.33. The van der Waals surface area contributed by atoms with Gasteiger partial charge in [0.1, 0.15) is 11.5 Å². The number of hydrogen-bond donors (Lipinski definition) is 0. The van der Waals surface area contributed by atoms with Crippen LogP contribution in [0, 0.1) is 0 Å². The van der Waals surface area contributed by atoms with Crippen molar-refractivity contribution in [3.05, 3.63) is 132 Å². The Bertz CT molecular complexity index is 1660. The Morgan fingerprint density at radius 2 is 1.07 bits per heavy atom. The Labute approximate surface area is 242 Å². The van der Waals surface area contributed by atoms with Crippen LogP contribution in [0.1, 0.15) is 36.5 Å². The number of anilines is 2. The maximum Gasteiger partial charge on any atom is 0.161 e. The molecule has 0 aliphatic carbocycles. The first-order valence-corrected chi connectivity index (χ1v) is 14.4. The van der Waals surface area contributed by atoms with E-state index >= 15 is 0 Å². The van der Waals surface area contributed by atoms with Crippen LogP contribution in [0.5, 0.6) is 11.5 Å². The van der Waals surface area contributed by atoms with Gasteiger partial charge in [-0.3, -0.25) is 0 Å². The molecule has 4 heteroatoms. The van der Waals surface area contributed by atoms with Gasteiger partial charge in [-0.2, -0.15) is 0 Å². The van der Waals surface area contributed by atoms with Crippen molar-refractivity contribution in [2.24, 2.45) is 0 Å². The molecule has 2 aliphatic heterocycles. The van der Waals surface area contributed by atoms with Crippen LogP contribution in [0.25, 0.3) is 22.3 Å². The van der Waals surface area contributed by atoms with E-state index in [1.165, 1.54) is 50.3 Å². The molecule has 0 amide bonds. The standard InChI is InChI=1S/C37H34N2O2/c1-26(2)35-21-30(20-32-23-39(25-41-37(32)35)34-11-7-4-8-12-34)28-15-13-27(14-16-28)29-17-18-36-31(19-29)22-38(24-40-36)33-9-5-3-6-10-33/h3-21,26H,22-25H2,1-2H3. The molecule has 0 unspecified atom stereocenters. The SMILES string of the molecule is CC(C)c1cc(-c2ccc(-c3ccc4c(c3)CN(c3ccccc3)CO4)cc2)cc2c1OCN(c1ccccc1)C2. The number of ether oxygens (including phenoxy) is 2. The highest BCUT2D eigenvalue weighted by Gasteiger charge is 2.23. The number of fused-ring (bicyclic) bond motifs is 2. The average Bonchev–Trinajstić information content (AvgIpc) is 3.04. The number of nitrogens with zero attached hydrogens (tertiary/aromatic N) is 2. The topological polar surface area (TPSA) is 24.9 Å². The molecule has 0 spiro atoms. The van der Waals surface area contributed by atoms with Gasteiger partial charge in [-0.15, -0.1) is 0 Å². The summed E-state index contributed by atoms with van der Waals surface area (Å²) < 4.78 is 12.4. The van der Waals surface area contributed by atoms with Gasteiger partial charge in [-0.25, -0.2) is 0 Å². The third-order valence-corrected chi connectivity index (χ3v) is 8.13. The van der Waals surface area contributed by atoms with E-state index in [9.17, 15) is 0 Å². The third kappa shape index (κ3) is 5.02. The Balaban J connectivity index is 1.16. The number of benzene rings is 5. The molecule has 2 heterocycles. The maximum absolute atomic E-state index is 6.34. The minimum Gasteiger partial charge on any atom is -0.473 e. The van der Waals surface area contributed by atoms with E-state index in [-0.39, 0.29) is 0 Å². The summed E-state index contributed by atoms with van der Waals surface area (Å²) in [5.41, 5.74) is 10.9. The fourth-order valence-electron chi connectivity index (χ4n) is 5.88. The molecule has 0 radical (unpaired) electrons. The molecular formula is C37H34N2O2. The van der Waals surface area contributed by atoms with Gasteiger partial charge in [-0.05, 0) is 82.3 Å². The van der Waals surface area contributed by atoms with Crippen molar-refractivity contribution in [1.82, 2.24) is 0 Å². The Kier molecular flexibility index (Phi) is 6.60. The van der Waals surface area contributed by atoms with Gasteiger partial charge in [0.05, 0.1) is 0 Å². The van der Waals surface area contributed by atoms with Crippen LogP contribution >= 0.6 is 0 Å². The summed E-state index contributed by atoms with van der Waals surface area (Å²) >= 11 is 0. The zero-order valence-corrected chi connectivity index (χ0v) is 23.6. The third-order valence-electron chi connectivity index (χ3n) is 8.13. The fraction of sp³-hybridized carbons (Fsp3) is 0.189. The van der Waals surface area contributed by atoms with E-state index in [1.54, 1.807) is 0 Å². The van der Waals surface area contributed by atoms with Crippen molar-refractivity contribution in [2.45, 2.75) is 32.9 Å². The van der Waals surface area contributed by atoms with Gasteiger partial charge >= 0.3 is 0 Å². The second-order valence-corrected chi connectivity index (χ2v) is 11.2. The second kappa shape index (κ2) is 10.7. The summed E-state index contributed by atoms with van der Waals surface area (Å²) in [7, 11) is 0. The van der Waals surface area contributed by atoms with Crippen LogP contribution < -0.4 is 19.3 Å². The van der Waals surface area contributed by atoms with E-state index in [1.807, 2.05) is 6.07 Å². The summed E-state index contributed by atoms with van der Waals surface area (Å²) in [4.78, 5) is 4.55. The Hall–Kier alpha value is -4.70. The van der Waals surface area contributed by atoms with Gasteiger partial charge in [-0.1, -0.05) is 80.6 Å². The molecule has 0 saturated carbocycles. The summed E-state index contributed by atoms with van der Waals surface area (Å²) in [5.74, 6) is 2.40. The molecule has 0 aromatic heterocycles. The highest BCUT2D eigenvalue weighted by molar-refractivity contribution is 5.74. The van der Waals surface area contributed by atoms with Crippen molar-refractivity contribution in [3.63, 3.8) is 0 Å². The first-order valence-electron chi connectivity index (χ1n) is 14.4. The number of hydrogen-bond acceptors (Lipinski definition) is 4. The van der Waals surface area contributed by atoms with Crippen molar-refractivity contribution in [1.29, 1.82) is 0 Å². The minimum absolute atomic E-state index is 0.374. The fourth-order valence-corrected chi connectivity index (χ4v) is 5.88. The Morgan fingerprint density at radius 1 is 0.537 bits per heavy atom. The lowest BCUT2D eigenvalue weighted by atomic mass is 9.91. The normalized spacial score (nSPS) is 14.2. The summed E-state index contributed by atoms with van der Waals surface area (Å²) in [6, 6.07) is 41.1. The van der Waals surface area contributed by atoms with Crippen LogP contribution in [0.4, 0.5) is 11.4 Å². The highest BCUT2D eigenvalue weighted by atomic mass is 16.5. The van der Waals surface area contributed by atoms with Crippen LogP contribution in [0.15, 0.2) is 115 Å². The predicted molar refractivity (Wildman–Crippen MR) is 168 cm³/mol. The summed E-state index contributed by atoms with van der Waals surface area (Å²) in [6.07, 6.45) is 0. The molecule has 0 atom stereocenters. The van der Waals surface area contributed by atoms with E-state index < -0.39 is 0 Å². The molecule has 2 aliphatic rings. The van der Waals surface area contributed by atoms with Gasteiger partial charge in [0.2, 0.25) is 0 Å². The van der Waals surface area contributed by atoms with Crippen LogP contribution in [0.2, 0.25) is 0 Å². The smallest absolute Gasteiger partial charge is 0.161 e. The number of rotatable bonds is 5.